The van der Waals surface area contributed by atoms with Crippen LogP contribution in [-0.2, 0) is 11.5 Å². The second-order valence-electron chi connectivity index (χ2n) is 1.73. The number of aromatic nitrogens is 2. The normalized spacial score (nSPS) is 14.7. The van der Waals surface area contributed by atoms with Crippen molar-refractivity contribution in [3.63, 3.8) is 0 Å². The monoisotopic (exact) mass is 123 g/mol. The minimum Gasteiger partial charge on any atom is -0.462 e. The third-order valence-corrected chi connectivity index (χ3v) is 1.15. The highest BCUT2D eigenvalue weighted by Gasteiger charge is 2.02. The fourth-order valence-electron chi connectivity index (χ4n) is 0.728. The zero-order valence-electron chi connectivity index (χ0n) is 4.69. The molecule has 0 amide bonds. The Morgan fingerprint density at radius 2 is 2.67 bits per heavy atom. The van der Waals surface area contributed by atoms with E-state index in [9.17, 15) is 0 Å². The standard InChI is InChI=1S/C5H5N3O/c1-2-8-4-9-3-7-5(8)6-1/h1-3H,4H2. The fraction of sp³-hybridized carbons (Fsp3) is 0.200. The van der Waals surface area contributed by atoms with Crippen LogP contribution < -0.4 is 0 Å². The molecule has 46 valence electrons. The second kappa shape index (κ2) is 1.58. The Kier molecular flexibility index (Phi) is 0.798. The zero-order chi connectivity index (χ0) is 6.10. The quantitative estimate of drug-likeness (QED) is 0.504. The molecule has 2 rings (SSSR count). The average Bonchev–Trinajstić information content (AvgIpc) is 2.33. The zero-order valence-corrected chi connectivity index (χ0v) is 4.69. The molecule has 1 aromatic rings. The van der Waals surface area contributed by atoms with Crippen LogP contribution in [0.2, 0.25) is 0 Å². The number of fused-ring (bicyclic) bond motifs is 1. The Balaban J connectivity index is 2.53. The third-order valence-electron chi connectivity index (χ3n) is 1.15. The summed E-state index contributed by atoms with van der Waals surface area (Å²) < 4.78 is 6.70. The molecule has 4 nitrogen and oxygen atoms in total. The van der Waals surface area contributed by atoms with Crippen LogP contribution in [0, 0.1) is 0 Å². The van der Waals surface area contributed by atoms with Gasteiger partial charge in [0.15, 0.2) is 13.1 Å². The van der Waals surface area contributed by atoms with Crippen molar-refractivity contribution >= 4 is 12.3 Å². The maximum absolute atomic E-state index is 4.89. The molecule has 0 spiro atoms. The van der Waals surface area contributed by atoms with Crippen LogP contribution in [0.1, 0.15) is 0 Å². The number of hydrogen-bond acceptors (Lipinski definition) is 3. The molecule has 2 heterocycles. The first-order valence-corrected chi connectivity index (χ1v) is 2.62. The highest BCUT2D eigenvalue weighted by Crippen LogP contribution is 2.10. The van der Waals surface area contributed by atoms with E-state index in [0.717, 1.165) is 0 Å². The first-order valence-electron chi connectivity index (χ1n) is 2.62. The van der Waals surface area contributed by atoms with E-state index in [1.807, 2.05) is 10.8 Å². The fourth-order valence-corrected chi connectivity index (χ4v) is 0.728. The predicted octanol–water partition coefficient (Wildman–Crippen LogP) is 0.531. The van der Waals surface area contributed by atoms with Gasteiger partial charge in [-0.25, -0.2) is 4.98 Å². The molecule has 0 bridgehead atoms. The Morgan fingerprint density at radius 1 is 1.67 bits per heavy atom. The number of hydrogen-bond donors (Lipinski definition) is 0. The van der Waals surface area contributed by atoms with E-state index in [0.29, 0.717) is 12.7 Å². The number of ether oxygens (including phenoxy) is 1. The summed E-state index contributed by atoms with van der Waals surface area (Å²) in [6, 6.07) is 0. The molecule has 0 atom stereocenters. The first kappa shape index (κ1) is 4.55. The van der Waals surface area contributed by atoms with Gasteiger partial charge in [-0.15, -0.1) is 0 Å². The molecular formula is C5H5N3O. The van der Waals surface area contributed by atoms with E-state index in [-0.39, 0.29) is 0 Å². The summed E-state index contributed by atoms with van der Waals surface area (Å²) in [5.74, 6) is 0.709. The predicted molar refractivity (Wildman–Crippen MR) is 31.5 cm³/mol. The Hall–Kier alpha value is -1.32. The molecule has 0 radical (unpaired) electrons. The summed E-state index contributed by atoms with van der Waals surface area (Å²) in [6.45, 7) is 0.527. The molecule has 0 saturated heterocycles. The number of imidazole rings is 1. The van der Waals surface area contributed by atoms with Crippen LogP contribution in [0.25, 0.3) is 0 Å². The van der Waals surface area contributed by atoms with Crippen LogP contribution in [0.5, 0.6) is 0 Å². The number of rotatable bonds is 0. The molecule has 0 N–H and O–H groups in total. The largest absolute Gasteiger partial charge is 0.462 e. The summed E-state index contributed by atoms with van der Waals surface area (Å²) >= 11 is 0. The van der Waals surface area contributed by atoms with Crippen LogP contribution in [-0.4, -0.2) is 16.0 Å². The van der Waals surface area contributed by atoms with Gasteiger partial charge in [-0.1, -0.05) is 0 Å². The second-order valence-corrected chi connectivity index (χ2v) is 1.73. The molecule has 9 heavy (non-hydrogen) atoms. The lowest BCUT2D eigenvalue weighted by Crippen LogP contribution is -2.03. The van der Waals surface area contributed by atoms with Gasteiger partial charge in [0.25, 0.3) is 0 Å². The molecule has 0 saturated carbocycles. The molecule has 0 aromatic carbocycles. The van der Waals surface area contributed by atoms with Crippen molar-refractivity contribution in [1.29, 1.82) is 0 Å². The Labute approximate surface area is 51.8 Å². The van der Waals surface area contributed by atoms with E-state index in [2.05, 4.69) is 9.98 Å². The Bertz CT molecular complexity index is 240. The van der Waals surface area contributed by atoms with Crippen LogP contribution in [0.3, 0.4) is 0 Å². The van der Waals surface area contributed by atoms with E-state index in [1.54, 1.807) is 6.20 Å². The topological polar surface area (TPSA) is 39.4 Å². The van der Waals surface area contributed by atoms with Gasteiger partial charge >= 0.3 is 0 Å². The van der Waals surface area contributed by atoms with E-state index < -0.39 is 0 Å². The summed E-state index contributed by atoms with van der Waals surface area (Å²) in [7, 11) is 0. The summed E-state index contributed by atoms with van der Waals surface area (Å²) in [6.07, 6.45) is 4.93. The van der Waals surface area contributed by atoms with Gasteiger partial charge in [-0.3, -0.25) is 4.57 Å². The summed E-state index contributed by atoms with van der Waals surface area (Å²) in [5, 5.41) is 0. The molecular weight excluding hydrogens is 118 g/mol. The third kappa shape index (κ3) is 0.595. The number of aliphatic imine (C=N–C) groups is 1. The van der Waals surface area contributed by atoms with Gasteiger partial charge in [0.05, 0.1) is 0 Å². The van der Waals surface area contributed by atoms with Crippen molar-refractivity contribution in [2.75, 3.05) is 0 Å². The molecule has 1 aromatic heterocycles. The molecule has 0 unspecified atom stereocenters. The molecule has 0 aliphatic carbocycles. The maximum Gasteiger partial charge on any atom is 0.235 e. The van der Waals surface area contributed by atoms with Crippen molar-refractivity contribution in [2.24, 2.45) is 4.99 Å². The van der Waals surface area contributed by atoms with Gasteiger partial charge in [0.1, 0.15) is 0 Å². The molecule has 1 aliphatic heterocycles. The van der Waals surface area contributed by atoms with Crippen LogP contribution >= 0.6 is 0 Å². The minimum atomic E-state index is 0.527. The van der Waals surface area contributed by atoms with Gasteiger partial charge in [0.2, 0.25) is 5.95 Å². The van der Waals surface area contributed by atoms with Crippen LogP contribution in [0.4, 0.5) is 5.95 Å². The van der Waals surface area contributed by atoms with Crippen molar-refractivity contribution in [3.05, 3.63) is 12.4 Å². The van der Waals surface area contributed by atoms with Crippen molar-refractivity contribution < 1.29 is 4.74 Å². The minimum absolute atomic E-state index is 0.527. The first-order chi connectivity index (χ1) is 4.47. The number of nitrogens with zero attached hydrogens (tertiary/aromatic N) is 3. The lowest BCUT2D eigenvalue weighted by molar-refractivity contribution is 0.228. The van der Waals surface area contributed by atoms with Gasteiger partial charge in [0, 0.05) is 12.4 Å². The maximum atomic E-state index is 4.89. The van der Waals surface area contributed by atoms with E-state index in [4.69, 9.17) is 4.74 Å². The molecule has 0 fully saturated rings. The smallest absolute Gasteiger partial charge is 0.235 e. The highest BCUT2D eigenvalue weighted by molar-refractivity contribution is 5.52. The van der Waals surface area contributed by atoms with E-state index in [1.165, 1.54) is 6.40 Å². The van der Waals surface area contributed by atoms with E-state index >= 15 is 0 Å². The van der Waals surface area contributed by atoms with Crippen LogP contribution in [0.15, 0.2) is 17.4 Å². The summed E-state index contributed by atoms with van der Waals surface area (Å²) in [5.41, 5.74) is 0. The lowest BCUT2D eigenvalue weighted by Gasteiger charge is -2.06. The van der Waals surface area contributed by atoms with Crippen molar-refractivity contribution in [2.45, 2.75) is 6.73 Å². The van der Waals surface area contributed by atoms with Crippen molar-refractivity contribution in [1.82, 2.24) is 9.55 Å². The molecule has 1 aliphatic rings. The lowest BCUT2D eigenvalue weighted by atomic mass is 10.8. The van der Waals surface area contributed by atoms with Gasteiger partial charge in [-0.05, 0) is 0 Å². The van der Waals surface area contributed by atoms with Gasteiger partial charge in [-0.2, -0.15) is 4.99 Å². The van der Waals surface area contributed by atoms with Crippen molar-refractivity contribution in [3.8, 4) is 0 Å². The van der Waals surface area contributed by atoms with Gasteiger partial charge < -0.3 is 4.74 Å². The Morgan fingerprint density at radius 3 is 3.56 bits per heavy atom. The summed E-state index contributed by atoms with van der Waals surface area (Å²) in [4.78, 5) is 7.80. The SMILES string of the molecule is C1=Nc2nccn2CO1. The average molecular weight is 123 g/mol. The highest BCUT2D eigenvalue weighted by atomic mass is 16.5. The molecule has 4 heteroatoms.